The Morgan fingerprint density at radius 3 is 1.10 bits per heavy atom. The van der Waals surface area contributed by atoms with Crippen LogP contribution in [-0.2, 0) is 0 Å². The number of benzene rings is 6. The van der Waals surface area contributed by atoms with Crippen molar-refractivity contribution in [2.45, 2.75) is 0 Å². The number of hydrogen-bond acceptors (Lipinski definition) is 4. The molecule has 0 amide bonds. The van der Waals surface area contributed by atoms with Gasteiger partial charge in [-0.1, -0.05) is 47.9 Å². The van der Waals surface area contributed by atoms with Crippen LogP contribution in [0.25, 0.3) is 32.3 Å². The van der Waals surface area contributed by atoms with Gasteiger partial charge in [-0.3, -0.25) is 0 Å². The molecule has 0 atom stereocenters. The predicted molar refractivity (Wildman–Crippen MR) is 173 cm³/mol. The minimum atomic E-state index is 0.618. The van der Waals surface area contributed by atoms with Gasteiger partial charge < -0.3 is 9.80 Å². The second kappa shape index (κ2) is 10.6. The van der Waals surface area contributed by atoms with Gasteiger partial charge in [-0.15, -0.1) is 0 Å². The van der Waals surface area contributed by atoms with Crippen LogP contribution in [0.5, 0.6) is 0 Å². The highest BCUT2D eigenvalue weighted by molar-refractivity contribution is 6.29. The molecule has 4 heteroatoms. The third kappa shape index (κ3) is 4.59. The summed E-state index contributed by atoms with van der Waals surface area (Å²) in [4.78, 5) is 4.27. The van der Waals surface area contributed by atoms with E-state index in [4.69, 9.17) is 10.5 Å². The normalized spacial score (nSPS) is 10.4. The molecule has 0 saturated carbocycles. The lowest BCUT2D eigenvalue weighted by molar-refractivity contribution is 1.14. The first kappa shape index (κ1) is 26.3. The van der Waals surface area contributed by atoms with Crippen molar-refractivity contribution >= 4 is 43.7 Å². The first-order valence-corrected chi connectivity index (χ1v) is 13.6. The molecule has 0 fully saturated rings. The molecule has 6 aromatic rings. The van der Waals surface area contributed by atoms with Gasteiger partial charge in [0.2, 0.25) is 0 Å². The molecule has 0 unspecified atom stereocenters. The summed E-state index contributed by atoms with van der Waals surface area (Å²) < 4.78 is 0. The smallest absolute Gasteiger partial charge is 0.0991 e. The summed E-state index contributed by atoms with van der Waals surface area (Å²) in [6.45, 7) is 0. The van der Waals surface area contributed by atoms with Gasteiger partial charge in [0.1, 0.15) is 0 Å². The highest BCUT2D eigenvalue weighted by Crippen LogP contribution is 2.44. The van der Waals surface area contributed by atoms with Gasteiger partial charge in [-0.05, 0) is 71.4 Å². The summed E-state index contributed by atoms with van der Waals surface area (Å²) in [6.07, 6.45) is 0. The zero-order chi connectivity index (χ0) is 29.4. The summed E-state index contributed by atoms with van der Waals surface area (Å²) in [6, 6.07) is 32.1. The third-order valence-electron chi connectivity index (χ3n) is 7.53. The topological polar surface area (TPSA) is 54.1 Å². The highest BCUT2D eigenvalue weighted by atomic mass is 15.1. The summed E-state index contributed by atoms with van der Waals surface area (Å²) >= 11 is 0. The van der Waals surface area contributed by atoms with Gasteiger partial charge in [0.25, 0.3) is 0 Å². The minimum Gasteiger partial charge on any atom is -0.377 e. The van der Waals surface area contributed by atoms with Crippen molar-refractivity contribution in [3.63, 3.8) is 0 Å². The quantitative estimate of drug-likeness (QED) is 0.172. The van der Waals surface area contributed by atoms with Gasteiger partial charge in [0, 0.05) is 83.4 Å². The maximum absolute atomic E-state index is 9.14. The molecule has 0 aliphatic rings. The van der Waals surface area contributed by atoms with Gasteiger partial charge in [0.05, 0.1) is 23.3 Å². The van der Waals surface area contributed by atoms with Gasteiger partial charge >= 0.3 is 0 Å². The average molecular weight is 539 g/mol. The standard InChI is InChI=1S/C38H26N4/c1-41(2)35-21-29(15-13-25-5-9-27(23-39)10-6-25)31-18-20-34-36(42(3)4)22-30(32-17-19-33(35)37(31)38(32)34)16-14-26-7-11-28(24-40)12-8-26/h5-12,17-22H,1-4H3. The minimum absolute atomic E-state index is 0.618. The van der Waals surface area contributed by atoms with Gasteiger partial charge in [-0.25, -0.2) is 0 Å². The Kier molecular flexibility index (Phi) is 6.61. The molecule has 42 heavy (non-hydrogen) atoms. The van der Waals surface area contributed by atoms with Crippen LogP contribution in [0.3, 0.4) is 0 Å². The molecular formula is C38H26N4. The van der Waals surface area contributed by atoms with E-state index in [-0.39, 0.29) is 0 Å². The lowest BCUT2D eigenvalue weighted by Crippen LogP contribution is -2.11. The van der Waals surface area contributed by atoms with E-state index in [1.165, 1.54) is 21.5 Å². The fraction of sp³-hybridized carbons (Fsp3) is 0.105. The Hall–Kier alpha value is -5.94. The van der Waals surface area contributed by atoms with Crippen LogP contribution in [-0.4, -0.2) is 28.2 Å². The van der Waals surface area contributed by atoms with Crippen LogP contribution in [0.2, 0.25) is 0 Å². The van der Waals surface area contributed by atoms with E-state index >= 15 is 0 Å². The van der Waals surface area contributed by atoms with Gasteiger partial charge in [-0.2, -0.15) is 10.5 Å². The lowest BCUT2D eigenvalue weighted by atomic mass is 9.88. The first-order chi connectivity index (χ1) is 20.4. The predicted octanol–water partition coefficient (Wildman–Crippen LogP) is 7.26. The molecule has 0 aliphatic heterocycles. The molecule has 0 heterocycles. The Morgan fingerprint density at radius 1 is 0.429 bits per heavy atom. The molecule has 6 rings (SSSR count). The lowest BCUT2D eigenvalue weighted by Gasteiger charge is -2.23. The first-order valence-electron chi connectivity index (χ1n) is 13.6. The third-order valence-corrected chi connectivity index (χ3v) is 7.53. The van der Waals surface area contributed by atoms with E-state index < -0.39 is 0 Å². The van der Waals surface area contributed by atoms with Crippen LogP contribution < -0.4 is 9.80 Å². The molecule has 198 valence electrons. The fourth-order valence-electron chi connectivity index (χ4n) is 5.44. The van der Waals surface area contributed by atoms with Crippen molar-refractivity contribution in [3.8, 4) is 35.8 Å². The molecule has 0 spiro atoms. The maximum atomic E-state index is 9.14. The van der Waals surface area contributed by atoms with E-state index in [0.29, 0.717) is 11.1 Å². The molecule has 4 nitrogen and oxygen atoms in total. The molecule has 0 saturated heterocycles. The van der Waals surface area contributed by atoms with E-state index in [2.05, 4.69) is 110 Å². The summed E-state index contributed by atoms with van der Waals surface area (Å²) in [5, 5.41) is 25.2. The number of nitrogens with zero attached hydrogens (tertiary/aromatic N) is 4. The van der Waals surface area contributed by atoms with E-state index in [1.54, 1.807) is 24.3 Å². The van der Waals surface area contributed by atoms with E-state index in [0.717, 1.165) is 44.4 Å². The number of nitriles is 2. The highest BCUT2D eigenvalue weighted by Gasteiger charge is 2.19. The van der Waals surface area contributed by atoms with Gasteiger partial charge in [0.15, 0.2) is 0 Å². The molecular weight excluding hydrogens is 512 g/mol. The molecule has 0 bridgehead atoms. The van der Waals surface area contributed by atoms with Crippen molar-refractivity contribution in [1.82, 2.24) is 0 Å². The zero-order valence-corrected chi connectivity index (χ0v) is 23.9. The van der Waals surface area contributed by atoms with Crippen molar-refractivity contribution < 1.29 is 0 Å². The van der Waals surface area contributed by atoms with Crippen molar-refractivity contribution in [3.05, 3.63) is 118 Å². The van der Waals surface area contributed by atoms with Crippen LogP contribution >= 0.6 is 0 Å². The monoisotopic (exact) mass is 538 g/mol. The molecule has 0 aliphatic carbocycles. The summed E-state index contributed by atoms with van der Waals surface area (Å²) in [5.74, 6) is 13.5. The van der Waals surface area contributed by atoms with E-state index in [1.807, 2.05) is 24.3 Å². The largest absolute Gasteiger partial charge is 0.377 e. The Bertz CT molecular complexity index is 2040. The Morgan fingerprint density at radius 2 is 0.762 bits per heavy atom. The number of hydrogen-bond donors (Lipinski definition) is 0. The molecule has 0 radical (unpaired) electrons. The van der Waals surface area contributed by atoms with Crippen LogP contribution in [0.15, 0.2) is 84.9 Å². The van der Waals surface area contributed by atoms with Crippen LogP contribution in [0.4, 0.5) is 11.4 Å². The molecule has 0 N–H and O–H groups in total. The average Bonchev–Trinajstić information content (AvgIpc) is 3.02. The number of rotatable bonds is 2. The number of anilines is 2. The van der Waals surface area contributed by atoms with Crippen LogP contribution in [0.1, 0.15) is 33.4 Å². The van der Waals surface area contributed by atoms with E-state index in [9.17, 15) is 0 Å². The fourth-order valence-corrected chi connectivity index (χ4v) is 5.44. The molecule has 0 aromatic heterocycles. The Labute approximate surface area is 246 Å². The zero-order valence-electron chi connectivity index (χ0n) is 23.9. The second-order valence-electron chi connectivity index (χ2n) is 10.6. The molecule has 6 aromatic carbocycles. The van der Waals surface area contributed by atoms with Crippen LogP contribution in [0, 0.1) is 46.3 Å². The van der Waals surface area contributed by atoms with Crippen molar-refractivity contribution in [1.29, 1.82) is 10.5 Å². The summed E-state index contributed by atoms with van der Waals surface area (Å²) in [5.41, 5.74) is 7.06. The summed E-state index contributed by atoms with van der Waals surface area (Å²) in [7, 11) is 8.24. The second-order valence-corrected chi connectivity index (χ2v) is 10.6. The van der Waals surface area contributed by atoms with Crippen molar-refractivity contribution in [2.75, 3.05) is 38.0 Å². The SMILES string of the molecule is CN(C)c1cc(C#Cc2ccc(C#N)cc2)c2ccc3c(N(C)C)cc(C#Cc4ccc(C#N)cc4)c4ccc1c2c43. The van der Waals surface area contributed by atoms with Crippen molar-refractivity contribution in [2.24, 2.45) is 0 Å². The Balaban J connectivity index is 1.64. The maximum Gasteiger partial charge on any atom is 0.0991 e.